The molecule has 0 aliphatic rings. The number of rotatable bonds is 7. The number of hydrogen-bond acceptors (Lipinski definition) is 7. The molecule has 4 aromatic rings. The van der Waals surface area contributed by atoms with E-state index in [0.717, 1.165) is 24.1 Å². The van der Waals surface area contributed by atoms with Gasteiger partial charge in [-0.15, -0.1) is 0 Å². The summed E-state index contributed by atoms with van der Waals surface area (Å²) in [5, 5.41) is 0. The summed E-state index contributed by atoms with van der Waals surface area (Å²) in [5.41, 5.74) is 2.81. The molecule has 0 saturated carbocycles. The smallest absolute Gasteiger partial charge is 0.434 e. The zero-order chi connectivity index (χ0) is 21.8. The lowest BCUT2D eigenvalue weighted by molar-refractivity contribution is 0.102. The van der Waals surface area contributed by atoms with E-state index in [0.29, 0.717) is 23.7 Å². The second-order valence-corrected chi connectivity index (χ2v) is 6.72. The van der Waals surface area contributed by atoms with E-state index >= 15 is 0 Å². The molecule has 9 nitrogen and oxygen atoms in total. The van der Waals surface area contributed by atoms with Crippen molar-refractivity contribution >= 4 is 11.8 Å². The van der Waals surface area contributed by atoms with Gasteiger partial charge in [0, 0.05) is 18.0 Å². The lowest BCUT2D eigenvalue weighted by Crippen LogP contribution is -2.12. The molecular formula is C21H21FN6O3. The Kier molecular flexibility index (Phi) is 5.87. The van der Waals surface area contributed by atoms with Crippen molar-refractivity contribution < 1.29 is 18.7 Å². The minimum Gasteiger partial charge on any atom is -0.434 e. The Morgan fingerprint density at radius 2 is 2.06 bits per heavy atom. The zero-order valence-electron chi connectivity index (χ0n) is 17.2. The van der Waals surface area contributed by atoms with Crippen LogP contribution in [0.15, 0.2) is 43.1 Å². The highest BCUT2D eigenvalue weighted by Gasteiger charge is 2.18. The first kappa shape index (κ1) is 20.5. The summed E-state index contributed by atoms with van der Waals surface area (Å²) in [6.45, 7) is 4.38. The van der Waals surface area contributed by atoms with Gasteiger partial charge in [-0.1, -0.05) is 19.4 Å². The van der Waals surface area contributed by atoms with E-state index in [1.54, 1.807) is 42.2 Å². The van der Waals surface area contributed by atoms with Gasteiger partial charge in [0.1, 0.15) is 17.7 Å². The van der Waals surface area contributed by atoms with Gasteiger partial charge >= 0.3 is 6.16 Å². The van der Waals surface area contributed by atoms with E-state index < -0.39 is 12.1 Å². The van der Waals surface area contributed by atoms with Crippen molar-refractivity contribution in [3.8, 4) is 17.4 Å². The third kappa shape index (κ3) is 4.23. The van der Waals surface area contributed by atoms with Crippen molar-refractivity contribution in [2.45, 2.75) is 33.2 Å². The Labute approximate surface area is 177 Å². The molecule has 31 heavy (non-hydrogen) atoms. The van der Waals surface area contributed by atoms with E-state index in [1.165, 1.54) is 12.3 Å². The monoisotopic (exact) mass is 424 g/mol. The number of fused-ring (bicyclic) bond motifs is 1. The molecule has 0 spiro atoms. The first-order valence-corrected chi connectivity index (χ1v) is 9.93. The molecule has 0 saturated heterocycles. The van der Waals surface area contributed by atoms with Gasteiger partial charge in [-0.3, -0.25) is 4.40 Å². The fraction of sp³-hybridized carbons (Fsp3) is 0.286. The number of carbonyl (C=O) groups is 1. The summed E-state index contributed by atoms with van der Waals surface area (Å²) >= 11 is 0. The van der Waals surface area contributed by atoms with Crippen molar-refractivity contribution in [3.05, 3.63) is 60.3 Å². The Bertz CT molecular complexity index is 1220. The van der Waals surface area contributed by atoms with Crippen LogP contribution < -0.4 is 4.74 Å². The van der Waals surface area contributed by atoms with E-state index in [2.05, 4.69) is 26.9 Å². The van der Waals surface area contributed by atoms with Crippen LogP contribution in [0, 0.1) is 5.95 Å². The highest BCUT2D eigenvalue weighted by molar-refractivity contribution is 5.64. The highest BCUT2D eigenvalue weighted by atomic mass is 19.1. The van der Waals surface area contributed by atoms with E-state index in [9.17, 15) is 9.18 Å². The van der Waals surface area contributed by atoms with E-state index in [1.807, 2.05) is 4.57 Å². The molecule has 10 heteroatoms. The molecule has 0 unspecified atom stereocenters. The largest absolute Gasteiger partial charge is 0.515 e. The molecule has 4 aromatic heterocycles. The Morgan fingerprint density at radius 1 is 1.19 bits per heavy atom. The fourth-order valence-corrected chi connectivity index (χ4v) is 3.33. The molecule has 0 aliphatic carbocycles. The van der Waals surface area contributed by atoms with Crippen molar-refractivity contribution in [2.24, 2.45) is 0 Å². The van der Waals surface area contributed by atoms with Gasteiger partial charge in [0.25, 0.3) is 0 Å². The van der Waals surface area contributed by atoms with E-state index in [-0.39, 0.29) is 12.5 Å². The summed E-state index contributed by atoms with van der Waals surface area (Å²) in [5.74, 6) is 0.209. The number of aryl methyl sites for hydroxylation is 1. The van der Waals surface area contributed by atoms with Gasteiger partial charge < -0.3 is 14.0 Å². The molecule has 0 bridgehead atoms. The molecule has 4 heterocycles. The average Bonchev–Trinajstić information content (AvgIpc) is 3.37. The highest BCUT2D eigenvalue weighted by Crippen LogP contribution is 2.23. The summed E-state index contributed by atoms with van der Waals surface area (Å²) in [6.07, 6.45) is 7.27. The van der Waals surface area contributed by atoms with Gasteiger partial charge in [0.2, 0.25) is 11.8 Å². The van der Waals surface area contributed by atoms with Crippen LogP contribution in [0.4, 0.5) is 9.18 Å². The van der Waals surface area contributed by atoms with Gasteiger partial charge in [-0.25, -0.2) is 24.7 Å². The number of carbonyl (C=O) groups excluding carboxylic acids is 1. The topological polar surface area (TPSA) is 96.4 Å². The predicted octanol–water partition coefficient (Wildman–Crippen LogP) is 3.66. The van der Waals surface area contributed by atoms with Crippen molar-refractivity contribution in [2.75, 3.05) is 6.61 Å². The summed E-state index contributed by atoms with van der Waals surface area (Å²) in [7, 11) is 0. The van der Waals surface area contributed by atoms with Crippen LogP contribution >= 0.6 is 0 Å². The predicted molar refractivity (Wildman–Crippen MR) is 109 cm³/mol. The van der Waals surface area contributed by atoms with Crippen molar-refractivity contribution in [1.29, 1.82) is 0 Å². The van der Waals surface area contributed by atoms with Crippen molar-refractivity contribution in [1.82, 2.24) is 28.9 Å². The van der Waals surface area contributed by atoms with Crippen LogP contribution in [-0.2, 0) is 17.7 Å². The summed E-state index contributed by atoms with van der Waals surface area (Å²) in [4.78, 5) is 29.0. The minimum absolute atomic E-state index is 0.215. The zero-order valence-corrected chi connectivity index (χ0v) is 17.2. The van der Waals surface area contributed by atoms with Gasteiger partial charge in [0.15, 0.2) is 5.82 Å². The molecular weight excluding hydrogens is 403 g/mol. The second-order valence-electron chi connectivity index (χ2n) is 6.72. The van der Waals surface area contributed by atoms with Crippen LogP contribution in [0.1, 0.15) is 31.5 Å². The second kappa shape index (κ2) is 8.90. The Hall–Kier alpha value is -3.82. The molecule has 0 radical (unpaired) electrons. The molecule has 160 valence electrons. The molecule has 0 amide bonds. The SMILES string of the molecule is CCCc1c(Cn2ccnc2-c2cccc(F)n2)ncn2c(OC(=O)OCC)cnc12. The quantitative estimate of drug-likeness (QED) is 0.330. The number of halogens is 1. The molecule has 0 aromatic carbocycles. The standard InChI is InChI=1S/C21H21FN6O3/c1-3-6-14-16(12-27-10-9-23-20(27)15-7-5-8-17(22)26-15)25-13-28-18(11-24-19(14)28)31-21(29)30-4-2/h5,7-11,13H,3-4,6,12H2,1-2H3. The first-order valence-electron chi connectivity index (χ1n) is 9.93. The third-order valence-corrected chi connectivity index (χ3v) is 4.64. The maximum Gasteiger partial charge on any atom is 0.515 e. The summed E-state index contributed by atoms with van der Waals surface area (Å²) < 4.78 is 27.1. The Morgan fingerprint density at radius 3 is 2.84 bits per heavy atom. The van der Waals surface area contributed by atoms with Crippen molar-refractivity contribution in [3.63, 3.8) is 0 Å². The molecule has 0 N–H and O–H groups in total. The van der Waals surface area contributed by atoms with Crippen LogP contribution in [0.25, 0.3) is 17.2 Å². The molecule has 0 atom stereocenters. The number of nitrogens with zero attached hydrogens (tertiary/aromatic N) is 6. The van der Waals surface area contributed by atoms with Crippen LogP contribution in [0.3, 0.4) is 0 Å². The number of ether oxygens (including phenoxy) is 2. The number of imidazole rings is 2. The maximum absolute atomic E-state index is 13.6. The lowest BCUT2D eigenvalue weighted by atomic mass is 10.1. The molecule has 0 aliphatic heterocycles. The average molecular weight is 424 g/mol. The number of pyridine rings is 1. The van der Waals surface area contributed by atoms with Gasteiger partial charge in [0.05, 0.1) is 25.0 Å². The van der Waals surface area contributed by atoms with Crippen LogP contribution in [0.2, 0.25) is 0 Å². The van der Waals surface area contributed by atoms with E-state index in [4.69, 9.17) is 9.47 Å². The first-order chi connectivity index (χ1) is 15.1. The van der Waals surface area contributed by atoms with Gasteiger partial charge in [-0.2, -0.15) is 4.39 Å². The minimum atomic E-state index is -0.795. The lowest BCUT2D eigenvalue weighted by Gasteiger charge is -2.12. The van der Waals surface area contributed by atoms with Crippen LogP contribution in [-0.4, -0.2) is 41.7 Å². The molecule has 4 rings (SSSR count). The van der Waals surface area contributed by atoms with Gasteiger partial charge in [-0.05, 0) is 25.5 Å². The maximum atomic E-state index is 13.6. The van der Waals surface area contributed by atoms with Crippen LogP contribution in [0.5, 0.6) is 5.88 Å². The molecule has 0 fully saturated rings. The Balaban J connectivity index is 1.70. The number of aromatic nitrogens is 6. The fourth-order valence-electron chi connectivity index (χ4n) is 3.33. The third-order valence-electron chi connectivity index (χ3n) is 4.64. The number of hydrogen-bond donors (Lipinski definition) is 0. The summed E-state index contributed by atoms with van der Waals surface area (Å²) in [6, 6.07) is 4.60. The normalized spacial score (nSPS) is 11.1.